The van der Waals surface area contributed by atoms with E-state index >= 15 is 0 Å². The second kappa shape index (κ2) is 9.54. The van der Waals surface area contributed by atoms with Crippen molar-refractivity contribution in [3.8, 4) is 5.75 Å². The number of ether oxygens (including phenoxy) is 1. The molecule has 0 fully saturated rings. The summed E-state index contributed by atoms with van der Waals surface area (Å²) in [4.78, 5) is 13.2. The van der Waals surface area contributed by atoms with E-state index in [0.717, 1.165) is 30.8 Å². The van der Waals surface area contributed by atoms with Gasteiger partial charge in [0.25, 0.3) is 0 Å². The molecule has 0 heterocycles. The Morgan fingerprint density at radius 3 is 2.68 bits per heavy atom. The van der Waals surface area contributed by atoms with Crippen LogP contribution in [0.2, 0.25) is 0 Å². The summed E-state index contributed by atoms with van der Waals surface area (Å²) in [6.45, 7) is 4.01. The van der Waals surface area contributed by atoms with Gasteiger partial charge in [-0.3, -0.25) is 4.79 Å². The maximum atomic E-state index is 11.0. The summed E-state index contributed by atoms with van der Waals surface area (Å²) >= 11 is 5.87. The molecule has 1 aromatic carbocycles. The number of carboxylic acid groups (broad SMARTS) is 1. The molecule has 0 aliphatic carbocycles. The lowest BCUT2D eigenvalue weighted by Crippen LogP contribution is -2.26. The lowest BCUT2D eigenvalue weighted by molar-refractivity contribution is -0.137. The Morgan fingerprint density at radius 2 is 2.18 bits per heavy atom. The topological polar surface area (TPSA) is 75.8 Å². The number of methoxy groups -OCH3 is 1. The van der Waals surface area contributed by atoms with Gasteiger partial charge < -0.3 is 20.5 Å². The van der Waals surface area contributed by atoms with E-state index < -0.39 is 5.97 Å². The number of nitrogens with zero attached hydrogens (tertiary/aromatic N) is 1. The summed E-state index contributed by atoms with van der Waals surface area (Å²) in [6, 6.07) is 5.81. The van der Waals surface area contributed by atoms with Crippen LogP contribution < -0.4 is 15.4 Å². The second-order valence-electron chi connectivity index (χ2n) is 5.13. The van der Waals surface area contributed by atoms with E-state index in [9.17, 15) is 4.79 Å². The summed E-state index contributed by atoms with van der Waals surface area (Å²) in [5.41, 5.74) is 7.62. The lowest BCUT2D eigenvalue weighted by Gasteiger charge is -2.26. The molecule has 1 unspecified atom stereocenters. The highest BCUT2D eigenvalue weighted by atomic mass is 35.5. The van der Waals surface area contributed by atoms with Gasteiger partial charge in [-0.15, -0.1) is 11.6 Å². The highest BCUT2D eigenvalue weighted by Crippen LogP contribution is 2.32. The molecule has 3 N–H and O–H groups in total. The average molecular weight is 329 g/mol. The summed E-state index contributed by atoms with van der Waals surface area (Å²) in [5, 5.41) is 9.06. The van der Waals surface area contributed by atoms with Crippen LogP contribution in [0, 0.1) is 0 Å². The fourth-order valence-corrected chi connectivity index (χ4v) is 2.71. The van der Waals surface area contributed by atoms with Crippen LogP contribution >= 0.6 is 11.6 Å². The van der Waals surface area contributed by atoms with Gasteiger partial charge >= 0.3 is 5.97 Å². The molecular weight excluding hydrogens is 304 g/mol. The van der Waals surface area contributed by atoms with Gasteiger partial charge in [0.2, 0.25) is 0 Å². The van der Waals surface area contributed by atoms with Crippen molar-refractivity contribution < 1.29 is 14.6 Å². The van der Waals surface area contributed by atoms with E-state index in [2.05, 4.69) is 11.8 Å². The van der Waals surface area contributed by atoms with Crippen LogP contribution in [-0.2, 0) is 4.79 Å². The number of alkyl halides is 1. The Bertz CT molecular complexity index is 476. The first-order valence-corrected chi connectivity index (χ1v) is 8.01. The van der Waals surface area contributed by atoms with Crippen LogP contribution in [0.5, 0.6) is 5.75 Å². The molecule has 5 nitrogen and oxygen atoms in total. The molecule has 6 heteroatoms. The molecule has 0 saturated heterocycles. The molecule has 0 radical (unpaired) electrons. The minimum atomic E-state index is -0.867. The molecule has 1 aromatic rings. The number of hydrogen-bond acceptors (Lipinski definition) is 4. The van der Waals surface area contributed by atoms with Crippen LogP contribution in [0.3, 0.4) is 0 Å². The summed E-state index contributed by atoms with van der Waals surface area (Å²) < 4.78 is 5.37. The molecule has 0 aliphatic rings. The van der Waals surface area contributed by atoms with Gasteiger partial charge in [0, 0.05) is 36.1 Å². The van der Waals surface area contributed by atoms with Crippen LogP contribution in [-0.4, -0.2) is 43.7 Å². The zero-order valence-electron chi connectivity index (χ0n) is 13.2. The van der Waals surface area contributed by atoms with Crippen LogP contribution in [0.15, 0.2) is 18.2 Å². The molecule has 1 rings (SSSR count). The Kier molecular flexibility index (Phi) is 8.06. The summed E-state index contributed by atoms with van der Waals surface area (Å²) in [5.74, 6) is 0.0697. The number of hydrogen-bond donors (Lipinski definition) is 2. The van der Waals surface area contributed by atoms with Crippen LogP contribution in [0.25, 0.3) is 0 Å². The van der Waals surface area contributed by atoms with Gasteiger partial charge in [-0.2, -0.15) is 0 Å². The quantitative estimate of drug-likeness (QED) is 0.646. The normalized spacial score (nSPS) is 12.0. The fraction of sp³-hybridized carbons (Fsp3) is 0.562. The monoisotopic (exact) mass is 328 g/mol. The van der Waals surface area contributed by atoms with E-state index in [4.69, 9.17) is 27.2 Å². The van der Waals surface area contributed by atoms with E-state index in [-0.39, 0.29) is 18.9 Å². The third kappa shape index (κ3) is 5.07. The summed E-state index contributed by atoms with van der Waals surface area (Å²) in [7, 11) is 1.58. The number of carboxylic acids is 1. The molecule has 0 spiro atoms. The molecule has 22 heavy (non-hydrogen) atoms. The first-order valence-electron chi connectivity index (χ1n) is 7.48. The molecule has 124 valence electrons. The molecule has 1 atom stereocenters. The van der Waals surface area contributed by atoms with Crippen LogP contribution in [0.1, 0.15) is 31.2 Å². The van der Waals surface area contributed by atoms with Crippen LogP contribution in [0.4, 0.5) is 5.69 Å². The Labute approximate surface area is 137 Å². The number of halogens is 1. The SMILES string of the molecule is CCCN(CCCl)c1ccc(OC)c(C(CN)CC(=O)O)c1. The maximum absolute atomic E-state index is 11.0. The van der Waals surface area contributed by atoms with E-state index in [1.54, 1.807) is 7.11 Å². The third-order valence-corrected chi connectivity index (χ3v) is 3.74. The smallest absolute Gasteiger partial charge is 0.304 e. The minimum Gasteiger partial charge on any atom is -0.496 e. The van der Waals surface area contributed by atoms with Crippen molar-refractivity contribution in [2.45, 2.75) is 25.7 Å². The maximum Gasteiger partial charge on any atom is 0.304 e. The highest BCUT2D eigenvalue weighted by molar-refractivity contribution is 6.18. The Balaban J connectivity index is 3.17. The van der Waals surface area contributed by atoms with Crippen molar-refractivity contribution in [3.05, 3.63) is 23.8 Å². The molecule has 0 aromatic heterocycles. The third-order valence-electron chi connectivity index (χ3n) is 3.57. The van der Waals surface area contributed by atoms with Crippen molar-refractivity contribution in [1.29, 1.82) is 0 Å². The van der Waals surface area contributed by atoms with Gasteiger partial charge in [0.15, 0.2) is 0 Å². The van der Waals surface area contributed by atoms with Crippen molar-refractivity contribution in [2.75, 3.05) is 37.5 Å². The molecule has 0 bridgehead atoms. The predicted molar refractivity (Wildman–Crippen MR) is 90.3 cm³/mol. The number of anilines is 1. The number of benzene rings is 1. The summed E-state index contributed by atoms with van der Waals surface area (Å²) in [6.07, 6.45) is 0.993. The first-order chi connectivity index (χ1) is 10.6. The minimum absolute atomic E-state index is 0.0143. The first kappa shape index (κ1) is 18.6. The standard InChI is InChI=1S/C16H25ClN2O3/c1-3-7-19(8-6-17)13-4-5-15(22-2)14(10-13)12(11-18)9-16(20)21/h4-5,10,12H,3,6-9,11,18H2,1-2H3,(H,20,21). The zero-order valence-corrected chi connectivity index (χ0v) is 14.0. The number of nitrogens with two attached hydrogens (primary N) is 1. The van der Waals surface area contributed by atoms with Crippen molar-refractivity contribution in [2.24, 2.45) is 5.73 Å². The predicted octanol–water partition coefficient (Wildman–Crippen LogP) is 2.67. The van der Waals surface area contributed by atoms with Crippen molar-refractivity contribution in [1.82, 2.24) is 0 Å². The zero-order chi connectivity index (χ0) is 16.5. The number of aliphatic carboxylic acids is 1. The van der Waals surface area contributed by atoms with Gasteiger partial charge in [0.05, 0.1) is 13.5 Å². The van der Waals surface area contributed by atoms with E-state index in [1.165, 1.54) is 0 Å². The van der Waals surface area contributed by atoms with Gasteiger partial charge in [-0.05, 0) is 31.2 Å². The molecular formula is C16H25ClN2O3. The largest absolute Gasteiger partial charge is 0.496 e. The van der Waals surface area contributed by atoms with Gasteiger partial charge in [0.1, 0.15) is 5.75 Å². The molecule has 0 aliphatic heterocycles. The molecule has 0 amide bonds. The average Bonchev–Trinajstić information content (AvgIpc) is 2.51. The Hall–Kier alpha value is -1.46. The van der Waals surface area contributed by atoms with Gasteiger partial charge in [-0.25, -0.2) is 0 Å². The Morgan fingerprint density at radius 1 is 1.45 bits per heavy atom. The fourth-order valence-electron chi connectivity index (χ4n) is 2.51. The van der Waals surface area contributed by atoms with E-state index in [1.807, 2.05) is 18.2 Å². The second-order valence-corrected chi connectivity index (χ2v) is 5.51. The number of rotatable bonds is 10. The van der Waals surface area contributed by atoms with Crippen molar-refractivity contribution >= 4 is 23.3 Å². The van der Waals surface area contributed by atoms with Gasteiger partial charge in [-0.1, -0.05) is 6.92 Å². The highest BCUT2D eigenvalue weighted by Gasteiger charge is 2.19. The lowest BCUT2D eigenvalue weighted by atomic mass is 9.94. The molecule has 0 saturated carbocycles. The van der Waals surface area contributed by atoms with E-state index in [0.29, 0.717) is 11.6 Å². The van der Waals surface area contributed by atoms with Crippen molar-refractivity contribution in [3.63, 3.8) is 0 Å². The number of carbonyl (C=O) groups is 1.